The molecule has 0 spiro atoms. The molecule has 0 saturated carbocycles. The molecular weight excluding hydrogens is 336 g/mol. The standard InChI is InChI=1S/C15H15ClN4O4/c16-10-1-3-11(4-2-10)20-14(22)12(13(21)18-15(20)23)9-17-19-5-7-24-8-6-19/h1-4,9,22H,5-8H2,(H,18,21,23). The lowest BCUT2D eigenvalue weighted by molar-refractivity contribution is 0.0396. The summed E-state index contributed by atoms with van der Waals surface area (Å²) in [6.07, 6.45) is 1.24. The van der Waals surface area contributed by atoms with Gasteiger partial charge in [-0.1, -0.05) is 11.6 Å². The number of nitrogens with zero attached hydrogens (tertiary/aromatic N) is 3. The van der Waals surface area contributed by atoms with E-state index in [1.807, 2.05) is 0 Å². The predicted molar refractivity (Wildman–Crippen MR) is 89.3 cm³/mol. The van der Waals surface area contributed by atoms with Crippen molar-refractivity contribution < 1.29 is 9.84 Å². The zero-order valence-corrected chi connectivity index (χ0v) is 13.4. The third kappa shape index (κ3) is 3.34. The Balaban J connectivity index is 2.02. The molecule has 0 radical (unpaired) electrons. The second-order valence-electron chi connectivity index (χ2n) is 5.12. The molecule has 2 N–H and O–H groups in total. The zero-order chi connectivity index (χ0) is 17.1. The molecule has 0 amide bonds. The number of hydrazone groups is 1. The van der Waals surface area contributed by atoms with E-state index in [4.69, 9.17) is 16.3 Å². The SMILES string of the molecule is O=c1[nH]c(=O)n(-c2ccc(Cl)cc2)c(O)c1C=NN1CCOCC1. The highest BCUT2D eigenvalue weighted by molar-refractivity contribution is 6.30. The van der Waals surface area contributed by atoms with Gasteiger partial charge in [-0.15, -0.1) is 0 Å². The van der Waals surface area contributed by atoms with Gasteiger partial charge < -0.3 is 9.84 Å². The van der Waals surface area contributed by atoms with Gasteiger partial charge in [0.1, 0.15) is 5.56 Å². The maximum atomic E-state index is 12.0. The van der Waals surface area contributed by atoms with Crippen LogP contribution in [-0.2, 0) is 4.74 Å². The fraction of sp³-hybridized carbons (Fsp3) is 0.267. The highest BCUT2D eigenvalue weighted by Crippen LogP contribution is 2.17. The van der Waals surface area contributed by atoms with Crippen LogP contribution in [0, 0.1) is 0 Å². The van der Waals surface area contributed by atoms with Gasteiger partial charge in [-0.05, 0) is 24.3 Å². The lowest BCUT2D eigenvalue weighted by atomic mass is 10.3. The number of morpholine rings is 1. The Morgan fingerprint density at radius 3 is 2.54 bits per heavy atom. The first-order valence-corrected chi connectivity index (χ1v) is 7.65. The summed E-state index contributed by atoms with van der Waals surface area (Å²) in [7, 11) is 0. The second kappa shape index (κ2) is 6.90. The van der Waals surface area contributed by atoms with E-state index in [2.05, 4.69) is 10.1 Å². The minimum atomic E-state index is -0.747. The van der Waals surface area contributed by atoms with Crippen molar-refractivity contribution in [3.8, 4) is 11.6 Å². The average Bonchev–Trinajstić information content (AvgIpc) is 2.57. The van der Waals surface area contributed by atoms with Crippen LogP contribution in [-0.4, -0.2) is 52.2 Å². The van der Waals surface area contributed by atoms with Crippen molar-refractivity contribution in [3.05, 3.63) is 55.7 Å². The molecule has 1 fully saturated rings. The third-order valence-corrected chi connectivity index (χ3v) is 3.80. The van der Waals surface area contributed by atoms with Crippen LogP contribution < -0.4 is 11.2 Å². The monoisotopic (exact) mass is 350 g/mol. The number of aromatic nitrogens is 2. The number of hydrogen-bond donors (Lipinski definition) is 2. The predicted octanol–water partition coefficient (Wildman–Crippen LogP) is 0.551. The molecule has 1 aliphatic rings. The number of H-pyrrole nitrogens is 1. The maximum absolute atomic E-state index is 12.0. The molecule has 0 aliphatic carbocycles. The molecule has 0 atom stereocenters. The highest BCUT2D eigenvalue weighted by Gasteiger charge is 2.15. The van der Waals surface area contributed by atoms with Crippen LogP contribution in [0.4, 0.5) is 0 Å². The van der Waals surface area contributed by atoms with Crippen LogP contribution in [0.1, 0.15) is 5.56 Å². The number of aromatic hydroxyl groups is 1. The van der Waals surface area contributed by atoms with Gasteiger partial charge in [-0.25, -0.2) is 9.36 Å². The molecule has 2 aromatic rings. The zero-order valence-electron chi connectivity index (χ0n) is 12.6. The summed E-state index contributed by atoms with van der Waals surface area (Å²) in [6.45, 7) is 2.27. The van der Waals surface area contributed by atoms with E-state index >= 15 is 0 Å². The fourth-order valence-electron chi connectivity index (χ4n) is 2.29. The Hall–Kier alpha value is -2.58. The smallest absolute Gasteiger partial charge is 0.335 e. The number of hydrogen-bond acceptors (Lipinski definition) is 6. The van der Waals surface area contributed by atoms with Gasteiger partial charge in [0.05, 0.1) is 38.2 Å². The van der Waals surface area contributed by atoms with E-state index in [-0.39, 0.29) is 5.56 Å². The van der Waals surface area contributed by atoms with Crippen molar-refractivity contribution in [2.45, 2.75) is 0 Å². The highest BCUT2D eigenvalue weighted by atomic mass is 35.5. The van der Waals surface area contributed by atoms with E-state index < -0.39 is 17.1 Å². The Morgan fingerprint density at radius 1 is 1.21 bits per heavy atom. The number of ether oxygens (including phenoxy) is 1. The number of aromatic amines is 1. The van der Waals surface area contributed by atoms with Crippen LogP contribution in [0.5, 0.6) is 5.88 Å². The average molecular weight is 351 g/mol. The summed E-state index contributed by atoms with van der Waals surface area (Å²) in [5.41, 5.74) is -1.18. The van der Waals surface area contributed by atoms with Crippen molar-refractivity contribution in [2.75, 3.05) is 26.3 Å². The van der Waals surface area contributed by atoms with Gasteiger partial charge >= 0.3 is 5.69 Å². The molecule has 1 aromatic carbocycles. The Kier molecular flexibility index (Phi) is 4.68. The third-order valence-electron chi connectivity index (χ3n) is 3.54. The normalized spacial score (nSPS) is 15.1. The first-order chi connectivity index (χ1) is 11.6. The largest absolute Gasteiger partial charge is 0.493 e. The van der Waals surface area contributed by atoms with Crippen LogP contribution in [0.3, 0.4) is 0 Å². The number of nitrogens with one attached hydrogen (secondary N) is 1. The van der Waals surface area contributed by atoms with Crippen molar-refractivity contribution in [2.24, 2.45) is 5.10 Å². The van der Waals surface area contributed by atoms with E-state index in [1.165, 1.54) is 6.21 Å². The molecule has 1 aliphatic heterocycles. The minimum Gasteiger partial charge on any atom is -0.493 e. The van der Waals surface area contributed by atoms with Crippen molar-refractivity contribution in [1.29, 1.82) is 0 Å². The molecule has 2 heterocycles. The van der Waals surface area contributed by atoms with Crippen molar-refractivity contribution in [3.63, 3.8) is 0 Å². The van der Waals surface area contributed by atoms with Gasteiger partial charge in [-0.3, -0.25) is 14.8 Å². The first kappa shape index (κ1) is 16.3. The van der Waals surface area contributed by atoms with Gasteiger partial charge in [0.25, 0.3) is 5.56 Å². The lowest BCUT2D eigenvalue weighted by Gasteiger charge is -2.23. The molecule has 0 bridgehead atoms. The van der Waals surface area contributed by atoms with Crippen molar-refractivity contribution in [1.82, 2.24) is 14.6 Å². The molecule has 1 saturated heterocycles. The number of rotatable bonds is 3. The van der Waals surface area contributed by atoms with E-state index in [0.717, 1.165) is 4.57 Å². The van der Waals surface area contributed by atoms with Crippen LogP contribution in [0.2, 0.25) is 5.02 Å². The minimum absolute atomic E-state index is 0.101. The number of halogens is 1. The molecule has 24 heavy (non-hydrogen) atoms. The van der Waals surface area contributed by atoms with Crippen LogP contribution >= 0.6 is 11.6 Å². The summed E-state index contributed by atoms with van der Waals surface area (Å²) in [6, 6.07) is 6.28. The Bertz CT molecular complexity index is 867. The summed E-state index contributed by atoms with van der Waals surface area (Å²) < 4.78 is 6.20. The van der Waals surface area contributed by atoms with E-state index in [1.54, 1.807) is 29.3 Å². The van der Waals surface area contributed by atoms with E-state index in [0.29, 0.717) is 37.0 Å². The van der Waals surface area contributed by atoms with Crippen LogP contribution in [0.25, 0.3) is 5.69 Å². The molecule has 3 rings (SSSR count). The summed E-state index contributed by atoms with van der Waals surface area (Å²) in [5, 5.41) is 16.8. The molecule has 126 valence electrons. The quantitative estimate of drug-likeness (QED) is 0.787. The second-order valence-corrected chi connectivity index (χ2v) is 5.56. The molecule has 1 aromatic heterocycles. The topological polar surface area (TPSA) is 99.9 Å². The van der Waals surface area contributed by atoms with Gasteiger partial charge in [0, 0.05) is 5.02 Å². The Labute approximate surface area is 141 Å². The summed E-state index contributed by atoms with van der Waals surface area (Å²) in [4.78, 5) is 26.2. The molecule has 9 heteroatoms. The van der Waals surface area contributed by atoms with Crippen molar-refractivity contribution >= 4 is 17.8 Å². The summed E-state index contributed by atoms with van der Waals surface area (Å²) in [5.74, 6) is -0.483. The fourth-order valence-corrected chi connectivity index (χ4v) is 2.42. The summed E-state index contributed by atoms with van der Waals surface area (Å²) >= 11 is 5.83. The van der Waals surface area contributed by atoms with Gasteiger partial charge in [0.2, 0.25) is 5.88 Å². The molecule has 8 nitrogen and oxygen atoms in total. The Morgan fingerprint density at radius 2 is 1.88 bits per heavy atom. The van der Waals surface area contributed by atoms with Gasteiger partial charge in [0.15, 0.2) is 0 Å². The first-order valence-electron chi connectivity index (χ1n) is 7.27. The number of benzene rings is 1. The van der Waals surface area contributed by atoms with Gasteiger partial charge in [-0.2, -0.15) is 5.10 Å². The van der Waals surface area contributed by atoms with E-state index in [9.17, 15) is 14.7 Å². The molecule has 0 unspecified atom stereocenters. The molecular formula is C15H15ClN4O4. The van der Waals surface area contributed by atoms with Crippen LogP contribution in [0.15, 0.2) is 39.0 Å². The lowest BCUT2D eigenvalue weighted by Crippen LogP contribution is -2.34. The maximum Gasteiger partial charge on any atom is 0.335 e.